The van der Waals surface area contributed by atoms with Gasteiger partial charge in [-0.25, -0.2) is 9.97 Å². The van der Waals surface area contributed by atoms with Gasteiger partial charge in [-0.15, -0.1) is 0 Å². The first kappa shape index (κ1) is 8.23. The third-order valence-electron chi connectivity index (χ3n) is 2.22. The van der Waals surface area contributed by atoms with E-state index in [9.17, 15) is 0 Å². The van der Waals surface area contributed by atoms with Gasteiger partial charge in [-0.05, 0) is 19.1 Å². The molecule has 0 unspecified atom stereocenters. The average Bonchev–Trinajstić information content (AvgIpc) is 2.55. The highest BCUT2D eigenvalue weighted by Crippen LogP contribution is 2.13. The molecule has 3 heteroatoms. The van der Waals surface area contributed by atoms with Crippen LogP contribution in [0.4, 0.5) is 0 Å². The van der Waals surface area contributed by atoms with Crippen LogP contribution in [0.25, 0.3) is 11.2 Å². The molecule has 0 aliphatic heterocycles. The molecule has 0 aliphatic rings. The molecule has 0 N–H and O–H groups in total. The molecule has 0 fully saturated rings. The van der Waals surface area contributed by atoms with Crippen molar-refractivity contribution in [2.24, 2.45) is 0 Å². The minimum atomic E-state index is 0.941. The van der Waals surface area contributed by atoms with Gasteiger partial charge < -0.3 is 4.57 Å². The predicted octanol–water partition coefficient (Wildman–Crippen LogP) is 2.01. The Bertz CT molecular complexity index is 417. The largest absolute Gasteiger partial charge is 0.313 e. The molecule has 0 radical (unpaired) electrons. The number of aryl methyl sites for hydroxylation is 2. The minimum Gasteiger partial charge on any atom is -0.313 e. The second-order valence-electron chi connectivity index (χ2n) is 2.97. The Morgan fingerprint density at radius 2 is 2.23 bits per heavy atom. The quantitative estimate of drug-likeness (QED) is 0.699. The van der Waals surface area contributed by atoms with Crippen LogP contribution in [0.5, 0.6) is 0 Å². The fourth-order valence-electron chi connectivity index (χ4n) is 1.61. The van der Waals surface area contributed by atoms with Crippen LogP contribution < -0.4 is 0 Å². The van der Waals surface area contributed by atoms with Gasteiger partial charge in [0.05, 0.1) is 0 Å². The van der Waals surface area contributed by atoms with Gasteiger partial charge in [-0.2, -0.15) is 0 Å². The lowest BCUT2D eigenvalue weighted by Gasteiger charge is -2.01. The number of hydrogen-bond acceptors (Lipinski definition) is 2. The maximum atomic E-state index is 4.50. The number of fused-ring (bicyclic) bond motifs is 1. The summed E-state index contributed by atoms with van der Waals surface area (Å²) in [4.78, 5) is 8.82. The van der Waals surface area contributed by atoms with Crippen molar-refractivity contribution in [3.05, 3.63) is 24.2 Å². The molecule has 0 atom stereocenters. The van der Waals surface area contributed by atoms with E-state index in [1.807, 2.05) is 18.3 Å². The monoisotopic (exact) mass is 175 g/mol. The second kappa shape index (κ2) is 3.17. The smallest absolute Gasteiger partial charge is 0.159 e. The van der Waals surface area contributed by atoms with E-state index in [4.69, 9.17) is 0 Å². The van der Waals surface area contributed by atoms with E-state index in [1.165, 1.54) is 0 Å². The number of aromatic nitrogens is 3. The molecule has 3 nitrogen and oxygen atoms in total. The molecule has 2 heterocycles. The molecular formula is C10H13N3. The Hall–Kier alpha value is -1.38. The molecule has 0 spiro atoms. The van der Waals surface area contributed by atoms with Crippen molar-refractivity contribution in [1.29, 1.82) is 0 Å². The first-order chi connectivity index (χ1) is 6.36. The van der Waals surface area contributed by atoms with E-state index in [0.29, 0.717) is 0 Å². The molecule has 0 aliphatic carbocycles. The maximum absolute atomic E-state index is 4.50. The molecule has 0 bridgehead atoms. The Morgan fingerprint density at radius 1 is 1.38 bits per heavy atom. The van der Waals surface area contributed by atoms with Crippen molar-refractivity contribution in [2.75, 3.05) is 0 Å². The Morgan fingerprint density at radius 3 is 2.92 bits per heavy atom. The van der Waals surface area contributed by atoms with Crippen LogP contribution >= 0.6 is 0 Å². The Balaban J connectivity index is 2.73. The number of pyridine rings is 1. The number of hydrogen-bond donors (Lipinski definition) is 0. The van der Waals surface area contributed by atoms with Crippen LogP contribution in [-0.4, -0.2) is 14.5 Å². The summed E-state index contributed by atoms with van der Waals surface area (Å²) in [5, 5.41) is 0. The molecular weight excluding hydrogens is 162 g/mol. The normalized spacial score (nSPS) is 10.9. The van der Waals surface area contributed by atoms with Gasteiger partial charge in [0, 0.05) is 19.2 Å². The van der Waals surface area contributed by atoms with Crippen LogP contribution in [0.1, 0.15) is 19.7 Å². The molecule has 2 aromatic heterocycles. The van der Waals surface area contributed by atoms with Crippen molar-refractivity contribution >= 4 is 11.2 Å². The lowest BCUT2D eigenvalue weighted by Crippen LogP contribution is -2.00. The van der Waals surface area contributed by atoms with Gasteiger partial charge in [-0.3, -0.25) is 0 Å². The van der Waals surface area contributed by atoms with Crippen molar-refractivity contribution in [2.45, 2.75) is 26.8 Å². The fourth-order valence-corrected chi connectivity index (χ4v) is 1.61. The number of imidazole rings is 1. The summed E-state index contributed by atoms with van der Waals surface area (Å²) >= 11 is 0. The minimum absolute atomic E-state index is 0.941. The standard InChI is InChI=1S/C10H13N3/c1-3-9-12-8-6-5-7-11-10(8)13(9)4-2/h5-7H,3-4H2,1-2H3. The summed E-state index contributed by atoms with van der Waals surface area (Å²) in [7, 11) is 0. The van der Waals surface area contributed by atoms with Gasteiger partial charge in [-0.1, -0.05) is 6.92 Å². The van der Waals surface area contributed by atoms with E-state index in [1.54, 1.807) is 0 Å². The highest BCUT2D eigenvalue weighted by atomic mass is 15.1. The van der Waals surface area contributed by atoms with E-state index < -0.39 is 0 Å². The van der Waals surface area contributed by atoms with E-state index in [-0.39, 0.29) is 0 Å². The molecule has 0 saturated heterocycles. The SMILES string of the molecule is CCc1nc2cccnc2n1CC. The van der Waals surface area contributed by atoms with Gasteiger partial charge in [0.2, 0.25) is 0 Å². The van der Waals surface area contributed by atoms with E-state index >= 15 is 0 Å². The zero-order chi connectivity index (χ0) is 9.26. The van der Waals surface area contributed by atoms with Gasteiger partial charge >= 0.3 is 0 Å². The summed E-state index contributed by atoms with van der Waals surface area (Å²) in [6.07, 6.45) is 2.78. The van der Waals surface area contributed by atoms with Gasteiger partial charge in [0.1, 0.15) is 11.3 Å². The zero-order valence-electron chi connectivity index (χ0n) is 7.99. The lowest BCUT2D eigenvalue weighted by molar-refractivity contribution is 0.719. The molecule has 13 heavy (non-hydrogen) atoms. The molecule has 0 amide bonds. The van der Waals surface area contributed by atoms with Crippen molar-refractivity contribution < 1.29 is 0 Å². The summed E-state index contributed by atoms with van der Waals surface area (Å²) in [6, 6.07) is 3.93. The van der Waals surface area contributed by atoms with Crippen LogP contribution in [0.3, 0.4) is 0 Å². The summed E-state index contributed by atoms with van der Waals surface area (Å²) < 4.78 is 2.16. The van der Waals surface area contributed by atoms with E-state index in [0.717, 1.165) is 30.0 Å². The topological polar surface area (TPSA) is 30.7 Å². The first-order valence-corrected chi connectivity index (χ1v) is 4.67. The molecule has 0 aromatic carbocycles. The summed E-state index contributed by atoms with van der Waals surface area (Å²) in [6.45, 7) is 5.18. The third-order valence-corrected chi connectivity index (χ3v) is 2.22. The van der Waals surface area contributed by atoms with Crippen molar-refractivity contribution in [3.63, 3.8) is 0 Å². The predicted molar refractivity (Wildman–Crippen MR) is 52.6 cm³/mol. The number of nitrogens with zero attached hydrogens (tertiary/aromatic N) is 3. The average molecular weight is 175 g/mol. The highest BCUT2D eigenvalue weighted by Gasteiger charge is 2.06. The highest BCUT2D eigenvalue weighted by molar-refractivity contribution is 5.71. The van der Waals surface area contributed by atoms with Crippen LogP contribution in [0.15, 0.2) is 18.3 Å². The van der Waals surface area contributed by atoms with Crippen molar-refractivity contribution in [1.82, 2.24) is 14.5 Å². The number of rotatable bonds is 2. The van der Waals surface area contributed by atoms with Crippen LogP contribution in [0.2, 0.25) is 0 Å². The first-order valence-electron chi connectivity index (χ1n) is 4.67. The van der Waals surface area contributed by atoms with Gasteiger partial charge in [0.15, 0.2) is 5.65 Å². The third kappa shape index (κ3) is 1.20. The van der Waals surface area contributed by atoms with Crippen molar-refractivity contribution in [3.8, 4) is 0 Å². The van der Waals surface area contributed by atoms with Crippen LogP contribution in [0, 0.1) is 0 Å². The summed E-state index contributed by atoms with van der Waals surface area (Å²) in [5.41, 5.74) is 2.00. The molecule has 2 rings (SSSR count). The molecule has 2 aromatic rings. The molecule has 68 valence electrons. The Labute approximate surface area is 77.4 Å². The zero-order valence-corrected chi connectivity index (χ0v) is 7.99. The summed E-state index contributed by atoms with van der Waals surface area (Å²) in [5.74, 6) is 1.12. The van der Waals surface area contributed by atoms with Crippen LogP contribution in [-0.2, 0) is 13.0 Å². The van der Waals surface area contributed by atoms with Gasteiger partial charge in [0.25, 0.3) is 0 Å². The second-order valence-corrected chi connectivity index (χ2v) is 2.97. The molecule has 0 saturated carbocycles. The van der Waals surface area contributed by atoms with E-state index in [2.05, 4.69) is 28.4 Å². The lowest BCUT2D eigenvalue weighted by atomic mass is 10.4. The fraction of sp³-hybridized carbons (Fsp3) is 0.400. The maximum Gasteiger partial charge on any atom is 0.159 e. The Kier molecular flexibility index (Phi) is 2.00.